The van der Waals surface area contributed by atoms with Gasteiger partial charge in [0.15, 0.2) is 0 Å². The molecule has 0 N–H and O–H groups in total. The Hall–Kier alpha value is -2.54. The maximum atomic E-state index is 14.1. The molecule has 0 aliphatic carbocycles. The molecule has 0 unspecified atom stereocenters. The fourth-order valence-corrected chi connectivity index (χ4v) is 3.93. The zero-order chi connectivity index (χ0) is 22.4. The van der Waals surface area contributed by atoms with Gasteiger partial charge in [0.05, 0.1) is 13.5 Å². The van der Waals surface area contributed by atoms with Crippen molar-refractivity contribution in [1.82, 2.24) is 9.80 Å². The van der Waals surface area contributed by atoms with Gasteiger partial charge in [0, 0.05) is 30.8 Å². The molecule has 0 radical (unpaired) electrons. The summed E-state index contributed by atoms with van der Waals surface area (Å²) in [5.41, 5.74) is 0.658. The third kappa shape index (κ3) is 6.47. The predicted molar refractivity (Wildman–Crippen MR) is 114 cm³/mol. The number of carbonyl (C=O) groups is 1. The Kier molecular flexibility index (Phi) is 7.96. The molecular weight excluding hydrogens is 405 g/mol. The summed E-state index contributed by atoms with van der Waals surface area (Å²) < 4.78 is 46.6. The Morgan fingerprint density at radius 2 is 1.71 bits per heavy atom. The standard InChI is InChI=1S/C24H29F3N2O2/c1-28-10-7-18(8-11-28)16-29(12-9-17-3-5-20(31-2)6-4-17)24(30)15-21-22(26)13-19(25)14-23(21)27/h3-6,13-14,18H,7-12,15-16H2,1-2H3. The maximum Gasteiger partial charge on any atom is 0.227 e. The molecule has 0 spiro atoms. The Morgan fingerprint density at radius 3 is 2.29 bits per heavy atom. The molecule has 7 heteroatoms. The lowest BCUT2D eigenvalue weighted by atomic mass is 9.96. The molecule has 0 bridgehead atoms. The molecule has 168 valence electrons. The van der Waals surface area contributed by atoms with Crippen molar-refractivity contribution in [2.75, 3.05) is 40.3 Å². The van der Waals surface area contributed by atoms with Gasteiger partial charge < -0.3 is 14.5 Å². The average Bonchev–Trinajstić information content (AvgIpc) is 2.75. The number of hydrogen-bond donors (Lipinski definition) is 0. The van der Waals surface area contributed by atoms with Crippen LogP contribution < -0.4 is 4.74 Å². The van der Waals surface area contributed by atoms with Crippen molar-refractivity contribution >= 4 is 5.91 Å². The second-order valence-corrected chi connectivity index (χ2v) is 8.21. The van der Waals surface area contributed by atoms with Crippen LogP contribution in [0.1, 0.15) is 24.0 Å². The van der Waals surface area contributed by atoms with E-state index in [2.05, 4.69) is 11.9 Å². The first-order valence-corrected chi connectivity index (χ1v) is 10.6. The quantitative estimate of drug-likeness (QED) is 0.628. The zero-order valence-electron chi connectivity index (χ0n) is 18.0. The van der Waals surface area contributed by atoms with Crippen molar-refractivity contribution in [3.8, 4) is 5.75 Å². The Balaban J connectivity index is 1.71. The molecule has 4 nitrogen and oxygen atoms in total. The molecule has 1 amide bonds. The molecule has 2 aromatic carbocycles. The Morgan fingerprint density at radius 1 is 1.10 bits per heavy atom. The predicted octanol–water partition coefficient (Wildman–Crippen LogP) is 4.07. The van der Waals surface area contributed by atoms with E-state index in [0.717, 1.165) is 37.2 Å². The van der Waals surface area contributed by atoms with Crippen LogP contribution in [0.2, 0.25) is 0 Å². The first-order valence-electron chi connectivity index (χ1n) is 10.6. The summed E-state index contributed by atoms with van der Waals surface area (Å²) in [6.45, 7) is 2.92. The SMILES string of the molecule is COc1ccc(CCN(CC2CCN(C)CC2)C(=O)Cc2c(F)cc(F)cc2F)cc1. The van der Waals surface area contributed by atoms with Gasteiger partial charge in [0.1, 0.15) is 23.2 Å². The minimum atomic E-state index is -1.03. The molecule has 2 aromatic rings. The summed E-state index contributed by atoms with van der Waals surface area (Å²) in [6, 6.07) is 8.84. The highest BCUT2D eigenvalue weighted by Gasteiger charge is 2.24. The van der Waals surface area contributed by atoms with E-state index < -0.39 is 23.9 Å². The van der Waals surface area contributed by atoms with Gasteiger partial charge in [-0.3, -0.25) is 4.79 Å². The summed E-state index contributed by atoms with van der Waals surface area (Å²) in [6.07, 6.45) is 2.15. The molecular formula is C24H29F3N2O2. The van der Waals surface area contributed by atoms with Gasteiger partial charge in [-0.25, -0.2) is 13.2 Å². The van der Waals surface area contributed by atoms with Crippen LogP contribution in [0.5, 0.6) is 5.75 Å². The number of methoxy groups -OCH3 is 1. The van der Waals surface area contributed by atoms with Crippen LogP contribution in [-0.4, -0.2) is 56.0 Å². The lowest BCUT2D eigenvalue weighted by Crippen LogP contribution is -2.41. The van der Waals surface area contributed by atoms with Crippen LogP contribution in [0, 0.1) is 23.4 Å². The molecule has 1 saturated heterocycles. The average molecular weight is 435 g/mol. The third-order valence-corrected chi connectivity index (χ3v) is 5.93. The molecule has 1 fully saturated rings. The highest BCUT2D eigenvalue weighted by atomic mass is 19.1. The largest absolute Gasteiger partial charge is 0.497 e. The number of benzene rings is 2. The molecule has 0 saturated carbocycles. The molecule has 31 heavy (non-hydrogen) atoms. The maximum absolute atomic E-state index is 14.1. The molecule has 0 aromatic heterocycles. The summed E-state index contributed by atoms with van der Waals surface area (Å²) in [5.74, 6) is -2.30. The second-order valence-electron chi connectivity index (χ2n) is 8.21. The van der Waals surface area contributed by atoms with Crippen molar-refractivity contribution in [2.45, 2.75) is 25.7 Å². The van der Waals surface area contributed by atoms with E-state index in [1.807, 2.05) is 24.3 Å². The fourth-order valence-electron chi connectivity index (χ4n) is 3.93. The minimum absolute atomic E-state index is 0.346. The van der Waals surface area contributed by atoms with E-state index in [1.54, 1.807) is 12.0 Å². The Labute approximate surface area is 181 Å². The summed E-state index contributed by atoms with van der Waals surface area (Å²) >= 11 is 0. The number of amides is 1. The van der Waals surface area contributed by atoms with Gasteiger partial charge in [0.25, 0.3) is 0 Å². The van der Waals surface area contributed by atoms with Crippen molar-refractivity contribution in [1.29, 1.82) is 0 Å². The van der Waals surface area contributed by atoms with Crippen LogP contribution in [-0.2, 0) is 17.6 Å². The molecule has 3 rings (SSSR count). The molecule has 1 aliphatic rings. The molecule has 0 atom stereocenters. The highest BCUT2D eigenvalue weighted by molar-refractivity contribution is 5.79. The van der Waals surface area contributed by atoms with Gasteiger partial charge >= 0.3 is 0 Å². The lowest BCUT2D eigenvalue weighted by Gasteiger charge is -2.33. The van der Waals surface area contributed by atoms with Crippen molar-refractivity contribution < 1.29 is 22.7 Å². The van der Waals surface area contributed by atoms with Crippen LogP contribution in [0.4, 0.5) is 13.2 Å². The highest BCUT2D eigenvalue weighted by Crippen LogP contribution is 2.21. The zero-order valence-corrected chi connectivity index (χ0v) is 18.0. The topological polar surface area (TPSA) is 32.8 Å². The summed E-state index contributed by atoms with van der Waals surface area (Å²) in [4.78, 5) is 17.0. The van der Waals surface area contributed by atoms with E-state index >= 15 is 0 Å². The van der Waals surface area contributed by atoms with E-state index in [4.69, 9.17) is 4.74 Å². The van der Waals surface area contributed by atoms with Crippen LogP contribution in [0.25, 0.3) is 0 Å². The van der Waals surface area contributed by atoms with E-state index in [-0.39, 0.29) is 11.5 Å². The summed E-state index contributed by atoms with van der Waals surface area (Å²) in [5, 5.41) is 0. The number of likely N-dealkylation sites (tertiary alicyclic amines) is 1. The minimum Gasteiger partial charge on any atom is -0.497 e. The third-order valence-electron chi connectivity index (χ3n) is 5.93. The van der Waals surface area contributed by atoms with Crippen LogP contribution >= 0.6 is 0 Å². The lowest BCUT2D eigenvalue weighted by molar-refractivity contribution is -0.131. The van der Waals surface area contributed by atoms with Gasteiger partial charge in [-0.1, -0.05) is 12.1 Å². The van der Waals surface area contributed by atoms with Gasteiger partial charge in [-0.05, 0) is 63.0 Å². The second kappa shape index (κ2) is 10.7. The van der Waals surface area contributed by atoms with E-state index in [0.29, 0.717) is 37.6 Å². The number of halogens is 3. The first-order chi connectivity index (χ1) is 14.9. The molecule has 1 heterocycles. The van der Waals surface area contributed by atoms with Gasteiger partial charge in [0.2, 0.25) is 5.91 Å². The normalized spacial score (nSPS) is 15.1. The van der Waals surface area contributed by atoms with Gasteiger partial charge in [-0.2, -0.15) is 0 Å². The Bertz CT molecular complexity index is 858. The number of piperidine rings is 1. The van der Waals surface area contributed by atoms with E-state index in [9.17, 15) is 18.0 Å². The van der Waals surface area contributed by atoms with Crippen molar-refractivity contribution in [3.05, 3.63) is 65.0 Å². The monoisotopic (exact) mass is 434 g/mol. The van der Waals surface area contributed by atoms with Crippen LogP contribution in [0.15, 0.2) is 36.4 Å². The summed E-state index contributed by atoms with van der Waals surface area (Å²) in [7, 11) is 3.67. The van der Waals surface area contributed by atoms with E-state index in [1.165, 1.54) is 0 Å². The fraction of sp³-hybridized carbons (Fsp3) is 0.458. The molecule has 1 aliphatic heterocycles. The number of ether oxygens (including phenoxy) is 1. The number of nitrogens with zero attached hydrogens (tertiary/aromatic N) is 2. The first kappa shape index (κ1) is 23.1. The number of carbonyl (C=O) groups excluding carboxylic acids is 1. The van der Waals surface area contributed by atoms with Crippen LogP contribution in [0.3, 0.4) is 0 Å². The number of rotatable bonds is 8. The number of hydrogen-bond acceptors (Lipinski definition) is 3. The van der Waals surface area contributed by atoms with Gasteiger partial charge in [-0.15, -0.1) is 0 Å². The smallest absolute Gasteiger partial charge is 0.227 e. The van der Waals surface area contributed by atoms with Crippen molar-refractivity contribution in [3.63, 3.8) is 0 Å². The van der Waals surface area contributed by atoms with Crippen molar-refractivity contribution in [2.24, 2.45) is 5.92 Å².